The van der Waals surface area contributed by atoms with Crippen LogP contribution in [0, 0.1) is 11.8 Å². The highest BCUT2D eigenvalue weighted by Crippen LogP contribution is 2.59. The van der Waals surface area contributed by atoms with Crippen molar-refractivity contribution in [1.29, 1.82) is 0 Å². The average molecular weight is 385 g/mol. The van der Waals surface area contributed by atoms with Crippen LogP contribution in [0.25, 0.3) is 0 Å². The number of hydrogen-bond acceptors (Lipinski definition) is 9. The molecular formula is C16H19NO8S. The van der Waals surface area contributed by atoms with Gasteiger partial charge in [0.15, 0.2) is 12.2 Å². The Bertz CT molecular complexity index is 665. The summed E-state index contributed by atoms with van der Waals surface area (Å²) < 4.78 is 20.3. The van der Waals surface area contributed by atoms with Crippen LogP contribution in [0.2, 0.25) is 0 Å². The number of hydrogen-bond donors (Lipinski definition) is 1. The molecule has 2 bridgehead atoms. The Morgan fingerprint density at radius 3 is 2.69 bits per heavy atom. The van der Waals surface area contributed by atoms with Crippen molar-refractivity contribution < 1.29 is 38.1 Å². The standard InChI is InChI=1S/C16H19NO8S/c1-6(2)13(18)23-5-4-17-16(21)25-10-9-12-8(15(20)24-9)7(11(10)26-12)14(19)22-3/h7-12H,1,4-5H2,2-3H3,(H,17,21). The topological polar surface area (TPSA) is 117 Å². The summed E-state index contributed by atoms with van der Waals surface area (Å²) in [4.78, 5) is 47.3. The van der Waals surface area contributed by atoms with Gasteiger partial charge in [-0.1, -0.05) is 6.58 Å². The molecule has 0 aromatic heterocycles. The Hall–Kier alpha value is -2.23. The second-order valence-electron chi connectivity index (χ2n) is 6.25. The number of ether oxygens (including phenoxy) is 4. The minimum absolute atomic E-state index is 0.0302. The molecule has 26 heavy (non-hydrogen) atoms. The van der Waals surface area contributed by atoms with Crippen LogP contribution in [0.5, 0.6) is 0 Å². The number of carbonyl (C=O) groups excluding carboxylic acids is 4. The summed E-state index contributed by atoms with van der Waals surface area (Å²) in [7, 11) is 1.26. The lowest BCUT2D eigenvalue weighted by atomic mass is 9.78. The SMILES string of the molecule is C=C(C)C(=O)OCCNC(=O)OC1C2OC(=O)C3C2SC1C3C(=O)OC. The third-order valence-corrected chi connectivity index (χ3v) is 6.33. The van der Waals surface area contributed by atoms with Crippen LogP contribution in [0.1, 0.15) is 6.92 Å². The first-order valence-corrected chi connectivity index (χ1v) is 9.00. The van der Waals surface area contributed by atoms with Crippen molar-refractivity contribution in [2.75, 3.05) is 20.3 Å². The summed E-state index contributed by atoms with van der Waals surface area (Å²) in [6, 6.07) is 0. The number of nitrogens with one attached hydrogen (secondary N) is 1. The van der Waals surface area contributed by atoms with Gasteiger partial charge in [0, 0.05) is 5.57 Å². The van der Waals surface area contributed by atoms with Crippen molar-refractivity contribution in [1.82, 2.24) is 5.32 Å². The van der Waals surface area contributed by atoms with Gasteiger partial charge in [-0.15, -0.1) is 11.8 Å². The highest BCUT2D eigenvalue weighted by atomic mass is 32.2. The van der Waals surface area contributed by atoms with Gasteiger partial charge in [-0.05, 0) is 6.92 Å². The van der Waals surface area contributed by atoms with Crippen LogP contribution in [0.15, 0.2) is 12.2 Å². The molecule has 10 heteroatoms. The molecule has 0 aromatic carbocycles. The Morgan fingerprint density at radius 2 is 2.04 bits per heavy atom. The second kappa shape index (κ2) is 7.18. The van der Waals surface area contributed by atoms with Crippen LogP contribution >= 0.6 is 11.8 Å². The molecule has 3 heterocycles. The van der Waals surface area contributed by atoms with Gasteiger partial charge in [-0.25, -0.2) is 9.59 Å². The molecular weight excluding hydrogens is 366 g/mol. The lowest BCUT2D eigenvalue weighted by Gasteiger charge is -2.28. The van der Waals surface area contributed by atoms with Crippen LogP contribution in [0.4, 0.5) is 4.79 Å². The quantitative estimate of drug-likeness (QED) is 0.292. The van der Waals surface area contributed by atoms with Gasteiger partial charge in [0.1, 0.15) is 6.61 Å². The average Bonchev–Trinajstić information content (AvgIpc) is 3.21. The zero-order chi connectivity index (χ0) is 19.0. The molecule has 1 amide bonds. The van der Waals surface area contributed by atoms with E-state index in [1.54, 1.807) is 0 Å². The number of rotatable bonds is 6. The highest BCUT2D eigenvalue weighted by molar-refractivity contribution is 8.01. The monoisotopic (exact) mass is 385 g/mol. The van der Waals surface area contributed by atoms with Gasteiger partial charge in [-0.3, -0.25) is 9.59 Å². The van der Waals surface area contributed by atoms with Crippen LogP contribution < -0.4 is 5.32 Å². The van der Waals surface area contributed by atoms with Crippen molar-refractivity contribution in [2.45, 2.75) is 29.6 Å². The predicted molar refractivity (Wildman–Crippen MR) is 88.1 cm³/mol. The summed E-state index contributed by atoms with van der Waals surface area (Å²) in [6.07, 6.45) is -2.03. The van der Waals surface area contributed by atoms with Gasteiger partial charge in [0.2, 0.25) is 0 Å². The highest BCUT2D eigenvalue weighted by Gasteiger charge is 2.71. The molecule has 0 saturated carbocycles. The fourth-order valence-corrected chi connectivity index (χ4v) is 5.45. The predicted octanol–water partition coefficient (Wildman–Crippen LogP) is 0.0289. The third kappa shape index (κ3) is 3.13. The molecule has 1 N–H and O–H groups in total. The summed E-state index contributed by atoms with van der Waals surface area (Å²) in [6.45, 7) is 4.99. The molecule has 6 atom stereocenters. The summed E-state index contributed by atoms with van der Waals surface area (Å²) in [5.41, 5.74) is 0.262. The number of esters is 3. The molecule has 0 aromatic rings. The molecule has 3 aliphatic heterocycles. The van der Waals surface area contributed by atoms with E-state index in [4.69, 9.17) is 18.9 Å². The molecule has 0 aliphatic carbocycles. The van der Waals surface area contributed by atoms with Crippen LogP contribution in [-0.2, 0) is 33.3 Å². The normalized spacial score (nSPS) is 33.4. The van der Waals surface area contributed by atoms with Crippen molar-refractivity contribution in [3.05, 3.63) is 12.2 Å². The van der Waals surface area contributed by atoms with E-state index in [1.807, 2.05) is 0 Å². The van der Waals surface area contributed by atoms with Crippen LogP contribution in [-0.4, -0.2) is 67.0 Å². The van der Waals surface area contributed by atoms with Crippen molar-refractivity contribution >= 4 is 35.8 Å². The maximum atomic E-state index is 12.0. The smallest absolute Gasteiger partial charge is 0.407 e. The van der Waals surface area contributed by atoms with E-state index < -0.39 is 48.0 Å². The van der Waals surface area contributed by atoms with E-state index in [1.165, 1.54) is 25.8 Å². The van der Waals surface area contributed by atoms with Gasteiger partial charge in [0.25, 0.3) is 0 Å². The zero-order valence-electron chi connectivity index (χ0n) is 14.3. The summed E-state index contributed by atoms with van der Waals surface area (Å²) >= 11 is 1.42. The molecule has 3 rings (SSSR count). The lowest BCUT2D eigenvalue weighted by Crippen LogP contribution is -2.49. The first kappa shape index (κ1) is 18.6. The molecule has 6 unspecified atom stereocenters. The van der Waals surface area contributed by atoms with Gasteiger partial charge in [-0.2, -0.15) is 0 Å². The van der Waals surface area contributed by atoms with Crippen molar-refractivity contribution in [3.8, 4) is 0 Å². The Morgan fingerprint density at radius 1 is 1.31 bits per heavy atom. The van der Waals surface area contributed by atoms with E-state index in [-0.39, 0.29) is 29.2 Å². The summed E-state index contributed by atoms with van der Waals surface area (Å²) in [5.74, 6) is -2.74. The molecule has 0 radical (unpaired) electrons. The maximum Gasteiger partial charge on any atom is 0.407 e. The molecule has 3 saturated heterocycles. The first-order valence-electron chi connectivity index (χ1n) is 8.06. The third-order valence-electron chi connectivity index (χ3n) is 4.57. The Kier molecular flexibility index (Phi) is 5.12. The Labute approximate surface area is 153 Å². The number of carbonyl (C=O) groups is 4. The fraction of sp³-hybridized carbons (Fsp3) is 0.625. The van der Waals surface area contributed by atoms with E-state index in [0.717, 1.165) is 0 Å². The van der Waals surface area contributed by atoms with Gasteiger partial charge < -0.3 is 24.3 Å². The molecule has 9 nitrogen and oxygen atoms in total. The minimum Gasteiger partial charge on any atom is -0.469 e. The van der Waals surface area contributed by atoms with E-state index in [9.17, 15) is 19.2 Å². The molecule has 3 fully saturated rings. The number of methoxy groups -OCH3 is 1. The fourth-order valence-electron chi connectivity index (χ4n) is 3.46. The van der Waals surface area contributed by atoms with E-state index >= 15 is 0 Å². The van der Waals surface area contributed by atoms with E-state index in [2.05, 4.69) is 11.9 Å². The van der Waals surface area contributed by atoms with Gasteiger partial charge >= 0.3 is 24.0 Å². The number of thioether (sulfide) groups is 1. The van der Waals surface area contributed by atoms with E-state index in [0.29, 0.717) is 0 Å². The van der Waals surface area contributed by atoms with Crippen molar-refractivity contribution in [2.24, 2.45) is 11.8 Å². The molecule has 142 valence electrons. The summed E-state index contributed by atoms with van der Waals surface area (Å²) in [5, 5.41) is 1.85. The van der Waals surface area contributed by atoms with Crippen LogP contribution in [0.3, 0.4) is 0 Å². The second-order valence-corrected chi connectivity index (χ2v) is 7.62. The number of amides is 1. The zero-order valence-corrected chi connectivity index (χ0v) is 15.1. The molecule has 3 aliphatic rings. The maximum absolute atomic E-state index is 12.0. The molecule has 0 spiro atoms. The number of fused-ring (bicyclic) bond motifs is 1. The largest absolute Gasteiger partial charge is 0.469 e. The Balaban J connectivity index is 1.54. The lowest BCUT2D eigenvalue weighted by molar-refractivity contribution is -0.152. The first-order chi connectivity index (χ1) is 12.3. The van der Waals surface area contributed by atoms with Gasteiger partial charge in [0.05, 0.1) is 36.0 Å². The van der Waals surface area contributed by atoms with Crippen molar-refractivity contribution in [3.63, 3.8) is 0 Å². The number of alkyl carbamates (subject to hydrolysis) is 1. The minimum atomic E-state index is -0.738.